The summed E-state index contributed by atoms with van der Waals surface area (Å²) in [6.45, 7) is 4.46. The zero-order valence-corrected chi connectivity index (χ0v) is 13.4. The highest BCUT2D eigenvalue weighted by Crippen LogP contribution is 2.25. The molecule has 0 aromatic carbocycles. The van der Waals surface area contributed by atoms with Crippen LogP contribution in [0.1, 0.15) is 83.4 Å². The topological polar surface area (TPSA) is 34.9 Å². The van der Waals surface area contributed by atoms with E-state index >= 15 is 0 Å². The van der Waals surface area contributed by atoms with Gasteiger partial charge in [-0.05, 0) is 12.8 Å². The van der Waals surface area contributed by atoms with Crippen LogP contribution < -0.4 is 5.56 Å². The highest BCUT2D eigenvalue weighted by molar-refractivity contribution is 5.00. The molecular weight excluding hydrogens is 248 g/mol. The first kappa shape index (κ1) is 16.9. The van der Waals surface area contributed by atoms with E-state index in [4.69, 9.17) is 0 Å². The van der Waals surface area contributed by atoms with E-state index in [-0.39, 0.29) is 5.56 Å². The van der Waals surface area contributed by atoms with E-state index in [1.54, 1.807) is 16.8 Å². The third-order valence-corrected chi connectivity index (χ3v) is 4.03. The Hall–Kier alpha value is -1.12. The van der Waals surface area contributed by atoms with Crippen LogP contribution in [0.5, 0.6) is 0 Å². The highest BCUT2D eigenvalue weighted by atomic mass is 16.1. The molecule has 0 saturated carbocycles. The van der Waals surface area contributed by atoms with Gasteiger partial charge < -0.3 is 0 Å². The fourth-order valence-corrected chi connectivity index (χ4v) is 2.72. The van der Waals surface area contributed by atoms with Crippen molar-refractivity contribution in [2.24, 2.45) is 7.05 Å². The standard InChI is InChI=1S/C17H30N2O/c1-4-6-8-9-10-12-15(11-7-5-2)17-18-14-13-16(20)19(17)3/h13-15H,4-12H2,1-3H3. The fraction of sp³-hybridized carbons (Fsp3) is 0.765. The SMILES string of the molecule is CCCCCCCC(CCCC)c1nccc(=O)n1C. The minimum Gasteiger partial charge on any atom is -0.300 e. The average molecular weight is 278 g/mol. The van der Waals surface area contributed by atoms with Crippen molar-refractivity contribution in [1.82, 2.24) is 9.55 Å². The molecule has 1 aromatic rings. The number of unbranched alkanes of at least 4 members (excludes halogenated alkanes) is 5. The summed E-state index contributed by atoms with van der Waals surface area (Å²) in [7, 11) is 1.85. The van der Waals surface area contributed by atoms with Crippen molar-refractivity contribution in [3.63, 3.8) is 0 Å². The lowest BCUT2D eigenvalue weighted by Gasteiger charge is -2.18. The molecular formula is C17H30N2O. The van der Waals surface area contributed by atoms with Crippen LogP contribution in [0.4, 0.5) is 0 Å². The van der Waals surface area contributed by atoms with Gasteiger partial charge in [0, 0.05) is 25.2 Å². The largest absolute Gasteiger partial charge is 0.300 e. The van der Waals surface area contributed by atoms with Gasteiger partial charge in [-0.25, -0.2) is 4.98 Å². The number of aromatic nitrogens is 2. The van der Waals surface area contributed by atoms with E-state index < -0.39 is 0 Å². The number of rotatable bonds is 10. The minimum atomic E-state index is 0.0579. The van der Waals surface area contributed by atoms with Gasteiger partial charge in [-0.1, -0.05) is 58.8 Å². The summed E-state index contributed by atoms with van der Waals surface area (Å²) in [5, 5.41) is 0. The molecule has 1 rings (SSSR count). The van der Waals surface area contributed by atoms with Gasteiger partial charge in [0.2, 0.25) is 0 Å². The summed E-state index contributed by atoms with van der Waals surface area (Å²) in [6.07, 6.45) is 12.9. The molecule has 1 atom stereocenters. The van der Waals surface area contributed by atoms with Crippen molar-refractivity contribution in [3.8, 4) is 0 Å². The maximum atomic E-state index is 11.8. The third-order valence-electron chi connectivity index (χ3n) is 4.03. The molecule has 3 heteroatoms. The second-order valence-electron chi connectivity index (χ2n) is 5.74. The summed E-state index contributed by atoms with van der Waals surface area (Å²) in [5.74, 6) is 1.41. The monoisotopic (exact) mass is 278 g/mol. The Balaban J connectivity index is 2.63. The van der Waals surface area contributed by atoms with Gasteiger partial charge in [0.05, 0.1) is 0 Å². The molecule has 1 aromatic heterocycles. The van der Waals surface area contributed by atoms with Crippen molar-refractivity contribution in [1.29, 1.82) is 0 Å². The summed E-state index contributed by atoms with van der Waals surface area (Å²) in [5.41, 5.74) is 0.0579. The van der Waals surface area contributed by atoms with E-state index in [0.29, 0.717) is 5.92 Å². The van der Waals surface area contributed by atoms with Gasteiger partial charge in [0.1, 0.15) is 5.82 Å². The van der Waals surface area contributed by atoms with E-state index in [0.717, 1.165) is 18.7 Å². The molecule has 0 aliphatic rings. The van der Waals surface area contributed by atoms with E-state index in [1.807, 2.05) is 7.05 Å². The molecule has 1 unspecified atom stereocenters. The van der Waals surface area contributed by atoms with Crippen molar-refractivity contribution < 1.29 is 0 Å². The van der Waals surface area contributed by atoms with Gasteiger partial charge >= 0.3 is 0 Å². The Kier molecular flexibility index (Phi) is 8.24. The Morgan fingerprint density at radius 2 is 1.70 bits per heavy atom. The first-order valence-corrected chi connectivity index (χ1v) is 8.22. The van der Waals surface area contributed by atoms with Gasteiger partial charge in [-0.15, -0.1) is 0 Å². The van der Waals surface area contributed by atoms with Crippen molar-refractivity contribution >= 4 is 0 Å². The maximum absolute atomic E-state index is 11.8. The summed E-state index contributed by atoms with van der Waals surface area (Å²) in [4.78, 5) is 16.2. The Morgan fingerprint density at radius 1 is 1.05 bits per heavy atom. The number of hydrogen-bond donors (Lipinski definition) is 0. The number of nitrogens with zero attached hydrogens (tertiary/aromatic N) is 2. The predicted octanol–water partition coefficient (Wildman–Crippen LogP) is 4.41. The van der Waals surface area contributed by atoms with Gasteiger partial charge in [-0.3, -0.25) is 9.36 Å². The molecule has 0 N–H and O–H groups in total. The molecule has 0 saturated heterocycles. The van der Waals surface area contributed by atoms with E-state index in [2.05, 4.69) is 18.8 Å². The Morgan fingerprint density at radius 3 is 2.40 bits per heavy atom. The van der Waals surface area contributed by atoms with Crippen molar-refractivity contribution in [2.45, 2.75) is 77.6 Å². The molecule has 0 amide bonds. The molecule has 114 valence electrons. The third kappa shape index (κ3) is 5.48. The second-order valence-corrected chi connectivity index (χ2v) is 5.74. The predicted molar refractivity (Wildman–Crippen MR) is 85.1 cm³/mol. The molecule has 0 fully saturated rings. The zero-order valence-electron chi connectivity index (χ0n) is 13.4. The van der Waals surface area contributed by atoms with E-state index in [9.17, 15) is 4.79 Å². The van der Waals surface area contributed by atoms with Crippen LogP contribution >= 0.6 is 0 Å². The molecule has 0 radical (unpaired) electrons. The molecule has 0 aliphatic carbocycles. The fourth-order valence-electron chi connectivity index (χ4n) is 2.72. The van der Waals surface area contributed by atoms with Crippen molar-refractivity contribution in [3.05, 3.63) is 28.4 Å². The first-order chi connectivity index (χ1) is 9.70. The quantitative estimate of drug-likeness (QED) is 0.594. The molecule has 0 spiro atoms. The number of hydrogen-bond acceptors (Lipinski definition) is 2. The molecule has 20 heavy (non-hydrogen) atoms. The Labute approximate surface area is 123 Å². The minimum absolute atomic E-state index is 0.0579. The summed E-state index contributed by atoms with van der Waals surface area (Å²) >= 11 is 0. The molecule has 1 heterocycles. The van der Waals surface area contributed by atoms with Crippen LogP contribution in [0.3, 0.4) is 0 Å². The molecule has 0 bridgehead atoms. The maximum Gasteiger partial charge on any atom is 0.253 e. The van der Waals surface area contributed by atoms with Crippen LogP contribution in [0.25, 0.3) is 0 Å². The van der Waals surface area contributed by atoms with Crippen molar-refractivity contribution in [2.75, 3.05) is 0 Å². The lowest BCUT2D eigenvalue weighted by molar-refractivity contribution is 0.469. The lowest BCUT2D eigenvalue weighted by Crippen LogP contribution is -2.23. The molecule has 0 aliphatic heterocycles. The normalized spacial score (nSPS) is 12.6. The van der Waals surface area contributed by atoms with Crippen LogP contribution in [0.2, 0.25) is 0 Å². The highest BCUT2D eigenvalue weighted by Gasteiger charge is 2.15. The smallest absolute Gasteiger partial charge is 0.253 e. The van der Waals surface area contributed by atoms with Crippen LogP contribution in [0.15, 0.2) is 17.1 Å². The molecule has 3 nitrogen and oxygen atoms in total. The first-order valence-electron chi connectivity index (χ1n) is 8.22. The van der Waals surface area contributed by atoms with Gasteiger partial charge in [-0.2, -0.15) is 0 Å². The summed E-state index contributed by atoms with van der Waals surface area (Å²) in [6, 6.07) is 1.54. The van der Waals surface area contributed by atoms with Crippen LogP contribution in [-0.4, -0.2) is 9.55 Å². The average Bonchev–Trinajstić information content (AvgIpc) is 2.45. The second kappa shape index (κ2) is 9.73. The zero-order chi connectivity index (χ0) is 14.8. The van der Waals surface area contributed by atoms with Crippen LogP contribution in [0, 0.1) is 0 Å². The van der Waals surface area contributed by atoms with Gasteiger partial charge in [0.15, 0.2) is 0 Å². The van der Waals surface area contributed by atoms with Crippen LogP contribution in [-0.2, 0) is 7.05 Å². The van der Waals surface area contributed by atoms with E-state index in [1.165, 1.54) is 44.9 Å². The Bertz CT molecular complexity index is 425. The van der Waals surface area contributed by atoms with Gasteiger partial charge in [0.25, 0.3) is 5.56 Å². The lowest BCUT2D eigenvalue weighted by atomic mass is 9.94. The summed E-state index contributed by atoms with van der Waals surface area (Å²) < 4.78 is 1.73.